The van der Waals surface area contributed by atoms with E-state index in [0.717, 1.165) is 25.6 Å². The minimum Gasteiger partial charge on any atom is -0.393 e. The molecule has 0 bridgehead atoms. The summed E-state index contributed by atoms with van der Waals surface area (Å²) in [6.07, 6.45) is 8.38. The highest BCUT2D eigenvalue weighted by atomic mass is 16.3. The van der Waals surface area contributed by atoms with Crippen molar-refractivity contribution in [3.63, 3.8) is 0 Å². The van der Waals surface area contributed by atoms with Crippen LogP contribution in [0.4, 0.5) is 0 Å². The fourth-order valence-corrected chi connectivity index (χ4v) is 2.69. The third-order valence-corrected chi connectivity index (χ3v) is 4.00. The van der Waals surface area contributed by atoms with Gasteiger partial charge in [-0.3, -0.25) is 4.79 Å². The van der Waals surface area contributed by atoms with Crippen molar-refractivity contribution in [3.8, 4) is 0 Å². The van der Waals surface area contributed by atoms with Gasteiger partial charge in [0.25, 0.3) is 0 Å². The van der Waals surface area contributed by atoms with Gasteiger partial charge < -0.3 is 15.3 Å². The van der Waals surface area contributed by atoms with Crippen molar-refractivity contribution in [1.29, 1.82) is 0 Å². The second-order valence-corrected chi connectivity index (χ2v) is 5.86. The lowest BCUT2D eigenvalue weighted by Gasteiger charge is -2.31. The lowest BCUT2D eigenvalue weighted by atomic mass is 9.94. The molecule has 1 unspecified atom stereocenters. The number of aliphatic hydroxyl groups is 1. The lowest BCUT2D eigenvalue weighted by Crippen LogP contribution is -2.35. The average Bonchev–Trinajstić information content (AvgIpc) is 2.42. The van der Waals surface area contributed by atoms with Crippen LogP contribution in [0, 0.1) is 0 Å². The summed E-state index contributed by atoms with van der Waals surface area (Å²) >= 11 is 0. The second-order valence-electron chi connectivity index (χ2n) is 5.86. The molecule has 0 aliphatic heterocycles. The second kappa shape index (κ2) is 9.32. The summed E-state index contributed by atoms with van der Waals surface area (Å²) in [4.78, 5) is 13.9. The van der Waals surface area contributed by atoms with Gasteiger partial charge in [-0.1, -0.05) is 19.3 Å². The zero-order valence-corrected chi connectivity index (χ0v) is 12.5. The molecule has 19 heavy (non-hydrogen) atoms. The van der Waals surface area contributed by atoms with E-state index in [9.17, 15) is 4.79 Å². The van der Waals surface area contributed by atoms with Crippen molar-refractivity contribution in [2.75, 3.05) is 20.1 Å². The first kappa shape index (κ1) is 16.4. The van der Waals surface area contributed by atoms with E-state index in [0.29, 0.717) is 12.8 Å². The minimum atomic E-state index is -0.386. The molecule has 1 aliphatic rings. The SMILES string of the molecule is CC(O)CCC(=O)NCCCN(C)C1CCCCC1. The highest BCUT2D eigenvalue weighted by molar-refractivity contribution is 5.75. The van der Waals surface area contributed by atoms with Crippen LogP contribution < -0.4 is 5.32 Å². The molecule has 1 aliphatic carbocycles. The smallest absolute Gasteiger partial charge is 0.220 e. The Morgan fingerprint density at radius 1 is 1.37 bits per heavy atom. The standard InChI is InChI=1S/C15H30N2O2/c1-13(18)9-10-15(19)16-11-6-12-17(2)14-7-4-3-5-8-14/h13-14,18H,3-12H2,1-2H3,(H,16,19). The Morgan fingerprint density at radius 3 is 2.68 bits per heavy atom. The monoisotopic (exact) mass is 270 g/mol. The molecule has 112 valence electrons. The summed E-state index contributed by atoms with van der Waals surface area (Å²) in [5.41, 5.74) is 0. The van der Waals surface area contributed by atoms with E-state index < -0.39 is 0 Å². The molecule has 1 rings (SSSR count). The molecule has 1 atom stereocenters. The number of nitrogens with zero attached hydrogens (tertiary/aromatic N) is 1. The van der Waals surface area contributed by atoms with E-state index in [4.69, 9.17) is 5.11 Å². The number of carbonyl (C=O) groups excluding carboxylic acids is 1. The van der Waals surface area contributed by atoms with E-state index in [-0.39, 0.29) is 12.0 Å². The van der Waals surface area contributed by atoms with Crippen molar-refractivity contribution in [1.82, 2.24) is 10.2 Å². The number of carbonyl (C=O) groups is 1. The Balaban J connectivity index is 2.01. The molecule has 0 heterocycles. The van der Waals surface area contributed by atoms with Crippen LogP contribution in [-0.2, 0) is 4.79 Å². The van der Waals surface area contributed by atoms with E-state index in [2.05, 4.69) is 17.3 Å². The quantitative estimate of drug-likeness (QED) is 0.663. The van der Waals surface area contributed by atoms with Crippen molar-refractivity contribution in [2.45, 2.75) is 70.4 Å². The van der Waals surface area contributed by atoms with Gasteiger partial charge >= 0.3 is 0 Å². The summed E-state index contributed by atoms with van der Waals surface area (Å²) in [6, 6.07) is 0.750. The number of amides is 1. The zero-order chi connectivity index (χ0) is 14.1. The van der Waals surface area contributed by atoms with Crippen LogP contribution >= 0.6 is 0 Å². The first-order valence-electron chi connectivity index (χ1n) is 7.74. The molecule has 4 heteroatoms. The Hall–Kier alpha value is -0.610. The van der Waals surface area contributed by atoms with Gasteiger partial charge in [-0.05, 0) is 46.2 Å². The molecule has 2 N–H and O–H groups in total. The summed E-state index contributed by atoms with van der Waals surface area (Å²) < 4.78 is 0. The summed E-state index contributed by atoms with van der Waals surface area (Å²) in [5, 5.41) is 12.0. The molecule has 0 spiro atoms. The van der Waals surface area contributed by atoms with Gasteiger partial charge in [0.05, 0.1) is 6.10 Å². The van der Waals surface area contributed by atoms with Gasteiger partial charge in [0, 0.05) is 19.0 Å². The van der Waals surface area contributed by atoms with Crippen LogP contribution in [0.1, 0.15) is 58.3 Å². The molecule has 0 radical (unpaired) electrons. The molecule has 1 fully saturated rings. The topological polar surface area (TPSA) is 52.6 Å². The van der Waals surface area contributed by atoms with E-state index in [1.165, 1.54) is 32.1 Å². The molecule has 0 aromatic carbocycles. The van der Waals surface area contributed by atoms with Gasteiger partial charge in [0.2, 0.25) is 5.91 Å². The number of aliphatic hydroxyl groups excluding tert-OH is 1. The molecule has 1 saturated carbocycles. The highest BCUT2D eigenvalue weighted by Crippen LogP contribution is 2.21. The van der Waals surface area contributed by atoms with Gasteiger partial charge in [-0.25, -0.2) is 0 Å². The molecule has 1 amide bonds. The van der Waals surface area contributed by atoms with Crippen LogP contribution in [-0.4, -0.2) is 48.2 Å². The van der Waals surface area contributed by atoms with Crippen molar-refractivity contribution in [2.24, 2.45) is 0 Å². The van der Waals surface area contributed by atoms with Crippen LogP contribution in [0.5, 0.6) is 0 Å². The highest BCUT2D eigenvalue weighted by Gasteiger charge is 2.17. The fraction of sp³-hybridized carbons (Fsp3) is 0.933. The average molecular weight is 270 g/mol. The van der Waals surface area contributed by atoms with Crippen molar-refractivity contribution in [3.05, 3.63) is 0 Å². The summed E-state index contributed by atoms with van der Waals surface area (Å²) in [6.45, 7) is 3.52. The Kier molecular flexibility index (Phi) is 8.07. The number of rotatable bonds is 8. The Labute approximate surface area is 117 Å². The number of hydrogen-bond donors (Lipinski definition) is 2. The van der Waals surface area contributed by atoms with Crippen molar-refractivity contribution < 1.29 is 9.90 Å². The predicted octanol–water partition coefficient (Wildman–Crippen LogP) is 1.92. The largest absolute Gasteiger partial charge is 0.393 e. The molecular formula is C15H30N2O2. The minimum absolute atomic E-state index is 0.0567. The Morgan fingerprint density at radius 2 is 2.05 bits per heavy atom. The predicted molar refractivity (Wildman–Crippen MR) is 78.0 cm³/mol. The third-order valence-electron chi connectivity index (χ3n) is 4.00. The van der Waals surface area contributed by atoms with Crippen molar-refractivity contribution >= 4 is 5.91 Å². The maximum absolute atomic E-state index is 11.5. The number of nitrogens with one attached hydrogen (secondary N) is 1. The van der Waals surface area contributed by atoms with Crippen LogP contribution in [0.15, 0.2) is 0 Å². The summed E-state index contributed by atoms with van der Waals surface area (Å²) in [5.74, 6) is 0.0567. The molecule has 0 aromatic rings. The zero-order valence-electron chi connectivity index (χ0n) is 12.5. The van der Waals surface area contributed by atoms with E-state index in [1.807, 2.05) is 0 Å². The maximum Gasteiger partial charge on any atom is 0.220 e. The van der Waals surface area contributed by atoms with Gasteiger partial charge in [0.1, 0.15) is 0 Å². The number of hydrogen-bond acceptors (Lipinski definition) is 3. The van der Waals surface area contributed by atoms with Gasteiger partial charge in [-0.15, -0.1) is 0 Å². The van der Waals surface area contributed by atoms with Gasteiger partial charge in [-0.2, -0.15) is 0 Å². The van der Waals surface area contributed by atoms with Crippen LogP contribution in [0.3, 0.4) is 0 Å². The van der Waals surface area contributed by atoms with Gasteiger partial charge in [0.15, 0.2) is 0 Å². The summed E-state index contributed by atoms with van der Waals surface area (Å²) in [7, 11) is 2.20. The molecule has 0 saturated heterocycles. The normalized spacial score (nSPS) is 18.5. The van der Waals surface area contributed by atoms with E-state index >= 15 is 0 Å². The first-order chi connectivity index (χ1) is 9.09. The maximum atomic E-state index is 11.5. The molecule has 4 nitrogen and oxygen atoms in total. The van der Waals surface area contributed by atoms with Crippen LogP contribution in [0.25, 0.3) is 0 Å². The lowest BCUT2D eigenvalue weighted by molar-refractivity contribution is -0.121. The fourth-order valence-electron chi connectivity index (χ4n) is 2.69. The van der Waals surface area contributed by atoms with Crippen LogP contribution in [0.2, 0.25) is 0 Å². The molecule has 0 aromatic heterocycles. The molecular weight excluding hydrogens is 240 g/mol. The Bertz CT molecular complexity index is 251. The first-order valence-corrected chi connectivity index (χ1v) is 7.74. The van der Waals surface area contributed by atoms with E-state index in [1.54, 1.807) is 6.92 Å². The third kappa shape index (κ3) is 7.53.